The molecule has 0 saturated carbocycles. The SMILES string of the molecule is CC.CC.CC=C(C)[C@@H](c1ccc(-n2cccc2)cc1)[C@@H](C(=O)NCc1ccccc1)C1=CN=CC=CC1.[HH]. The number of aliphatic imine (C=N–C) groups is 1. The summed E-state index contributed by atoms with van der Waals surface area (Å²) >= 11 is 0. The highest BCUT2D eigenvalue weighted by atomic mass is 16.1. The van der Waals surface area contributed by atoms with Crippen molar-refractivity contribution in [2.75, 3.05) is 0 Å². The van der Waals surface area contributed by atoms with Crippen molar-refractivity contribution in [2.24, 2.45) is 10.9 Å². The summed E-state index contributed by atoms with van der Waals surface area (Å²) in [4.78, 5) is 18.2. The first-order chi connectivity index (χ1) is 18.7. The number of carbonyl (C=O) groups excluding carboxylic acids is 1. The van der Waals surface area contributed by atoms with E-state index in [4.69, 9.17) is 0 Å². The predicted molar refractivity (Wildman–Crippen MR) is 165 cm³/mol. The molecule has 3 aromatic rings. The molecule has 0 saturated heterocycles. The van der Waals surface area contributed by atoms with Crippen molar-refractivity contribution < 1.29 is 6.22 Å². The van der Waals surface area contributed by atoms with Crippen molar-refractivity contribution >= 4 is 12.1 Å². The van der Waals surface area contributed by atoms with Crippen LogP contribution in [-0.2, 0) is 11.3 Å². The molecule has 0 unspecified atom stereocenters. The molecule has 0 aliphatic carbocycles. The molecule has 1 N–H and O–H groups in total. The van der Waals surface area contributed by atoms with Gasteiger partial charge in [-0.1, -0.05) is 87.9 Å². The molecule has 2 atom stereocenters. The molecule has 0 spiro atoms. The predicted octanol–water partition coefficient (Wildman–Crippen LogP) is 8.67. The lowest BCUT2D eigenvalue weighted by Gasteiger charge is -2.29. The second-order valence-corrected chi connectivity index (χ2v) is 8.51. The van der Waals surface area contributed by atoms with Crippen LogP contribution in [0.1, 0.15) is 66.4 Å². The van der Waals surface area contributed by atoms with Crippen LogP contribution < -0.4 is 5.32 Å². The van der Waals surface area contributed by atoms with Gasteiger partial charge < -0.3 is 9.88 Å². The standard InChI is InChI=1S/C30H31N3O.2C2H6.H2/c1-3-23(2)28(25-14-16-27(17-15-25)33-19-9-10-20-33)29(26-13-7-8-18-31-22-26)30(34)32-21-24-11-5-4-6-12-24;2*1-2;/h3-12,14-20,22,28-29H,13,21H2,1-2H3,(H,32,34);2*1-2H3;1H/t28-,29-;;;/m0.../s1. The number of amides is 1. The molecule has 1 amide bonds. The molecule has 4 rings (SSSR count). The summed E-state index contributed by atoms with van der Waals surface area (Å²) in [5, 5.41) is 3.19. The third kappa shape index (κ3) is 8.31. The van der Waals surface area contributed by atoms with E-state index in [9.17, 15) is 4.79 Å². The highest BCUT2D eigenvalue weighted by Gasteiger charge is 2.33. The normalized spacial score (nSPS) is 14.1. The molecule has 1 aromatic heterocycles. The number of nitrogens with zero attached hydrogens (tertiary/aromatic N) is 2. The maximum absolute atomic E-state index is 13.8. The van der Waals surface area contributed by atoms with Crippen LogP contribution in [0, 0.1) is 5.92 Å². The number of allylic oxidation sites excluding steroid dienone is 4. The summed E-state index contributed by atoms with van der Waals surface area (Å²) in [6.45, 7) is 12.6. The molecule has 0 fully saturated rings. The Morgan fingerprint density at radius 3 is 2.26 bits per heavy atom. The minimum atomic E-state index is -0.364. The molecular formula is C34H45N3O. The molecule has 1 aliphatic rings. The zero-order valence-electron chi connectivity index (χ0n) is 23.8. The van der Waals surface area contributed by atoms with E-state index in [1.807, 2.05) is 102 Å². The topological polar surface area (TPSA) is 46.4 Å². The molecule has 4 nitrogen and oxygen atoms in total. The lowest BCUT2D eigenvalue weighted by molar-refractivity contribution is -0.124. The maximum atomic E-state index is 13.8. The molecule has 0 bridgehead atoms. The van der Waals surface area contributed by atoms with E-state index in [-0.39, 0.29) is 19.2 Å². The lowest BCUT2D eigenvalue weighted by Crippen LogP contribution is -2.35. The number of hydrogen-bond acceptors (Lipinski definition) is 2. The van der Waals surface area contributed by atoms with Gasteiger partial charge in [-0.2, -0.15) is 0 Å². The molecule has 0 radical (unpaired) electrons. The second-order valence-electron chi connectivity index (χ2n) is 8.51. The Morgan fingerprint density at radius 2 is 1.63 bits per heavy atom. The second kappa shape index (κ2) is 16.8. The quantitative estimate of drug-likeness (QED) is 0.302. The Balaban J connectivity index is 0.00000145. The molecule has 4 heteroatoms. The maximum Gasteiger partial charge on any atom is 0.228 e. The molecule has 202 valence electrons. The molecule has 1 aliphatic heterocycles. The number of rotatable bonds is 8. The summed E-state index contributed by atoms with van der Waals surface area (Å²) in [6, 6.07) is 22.6. The van der Waals surface area contributed by atoms with Crippen LogP contribution in [0.15, 0.2) is 120 Å². The van der Waals surface area contributed by atoms with Gasteiger partial charge in [0.1, 0.15) is 0 Å². The highest BCUT2D eigenvalue weighted by Crippen LogP contribution is 2.38. The van der Waals surface area contributed by atoms with Gasteiger partial charge in [0.15, 0.2) is 0 Å². The summed E-state index contributed by atoms with van der Waals surface area (Å²) in [7, 11) is 0. The first-order valence-electron chi connectivity index (χ1n) is 13.7. The molecule has 2 aromatic carbocycles. The van der Waals surface area contributed by atoms with Gasteiger partial charge >= 0.3 is 0 Å². The number of hydrogen-bond donors (Lipinski definition) is 1. The van der Waals surface area contributed by atoms with E-state index in [0.717, 1.165) is 28.0 Å². The number of carbonyl (C=O) groups is 1. The van der Waals surface area contributed by atoms with E-state index < -0.39 is 0 Å². The van der Waals surface area contributed by atoms with Crippen molar-refractivity contribution in [3.05, 3.63) is 126 Å². The van der Waals surface area contributed by atoms with Crippen molar-refractivity contribution in [2.45, 2.75) is 60.4 Å². The Hall–Kier alpha value is -3.92. The van der Waals surface area contributed by atoms with Crippen LogP contribution >= 0.6 is 0 Å². The van der Waals surface area contributed by atoms with Crippen molar-refractivity contribution in [3.8, 4) is 5.69 Å². The zero-order chi connectivity index (χ0) is 27.8. The van der Waals surface area contributed by atoms with Crippen LogP contribution in [0.4, 0.5) is 0 Å². The van der Waals surface area contributed by atoms with Gasteiger partial charge in [0.05, 0.1) is 5.92 Å². The van der Waals surface area contributed by atoms with Gasteiger partial charge in [0.2, 0.25) is 5.91 Å². The van der Waals surface area contributed by atoms with Crippen LogP contribution in [0.25, 0.3) is 5.69 Å². The van der Waals surface area contributed by atoms with Gasteiger partial charge in [-0.25, -0.2) is 0 Å². The van der Waals surface area contributed by atoms with E-state index >= 15 is 0 Å². The molecule has 2 heterocycles. The van der Waals surface area contributed by atoms with E-state index in [0.29, 0.717) is 13.0 Å². The van der Waals surface area contributed by atoms with Gasteiger partial charge in [-0.3, -0.25) is 9.79 Å². The molecular weight excluding hydrogens is 466 g/mol. The third-order valence-corrected chi connectivity index (χ3v) is 6.33. The Bertz CT molecular complexity index is 1210. The summed E-state index contributed by atoms with van der Waals surface area (Å²) in [5.74, 6) is -0.439. The fourth-order valence-corrected chi connectivity index (χ4v) is 4.40. The summed E-state index contributed by atoms with van der Waals surface area (Å²) in [6.07, 6.45) is 14.5. The largest absolute Gasteiger partial charge is 0.351 e. The van der Waals surface area contributed by atoms with Crippen LogP contribution in [-0.4, -0.2) is 16.7 Å². The fourth-order valence-electron chi connectivity index (χ4n) is 4.40. The summed E-state index contributed by atoms with van der Waals surface area (Å²) < 4.78 is 2.08. The fraction of sp³-hybridized carbons (Fsp3) is 0.294. The van der Waals surface area contributed by atoms with Gasteiger partial charge in [0.25, 0.3) is 0 Å². The van der Waals surface area contributed by atoms with Crippen LogP contribution in [0.5, 0.6) is 0 Å². The van der Waals surface area contributed by atoms with Crippen molar-refractivity contribution in [1.29, 1.82) is 0 Å². The Kier molecular flexibility index (Phi) is 13.4. The van der Waals surface area contributed by atoms with Crippen molar-refractivity contribution in [3.63, 3.8) is 0 Å². The molecule has 38 heavy (non-hydrogen) atoms. The number of aromatic nitrogens is 1. The summed E-state index contributed by atoms with van der Waals surface area (Å²) in [5.41, 5.74) is 5.46. The lowest BCUT2D eigenvalue weighted by atomic mass is 9.75. The zero-order valence-corrected chi connectivity index (χ0v) is 23.8. The average Bonchev–Trinajstić information content (AvgIpc) is 3.40. The minimum absolute atomic E-state index is 0. The third-order valence-electron chi connectivity index (χ3n) is 6.33. The smallest absolute Gasteiger partial charge is 0.228 e. The number of benzene rings is 2. The highest BCUT2D eigenvalue weighted by molar-refractivity contribution is 5.84. The van der Waals surface area contributed by atoms with Crippen LogP contribution in [0.2, 0.25) is 0 Å². The van der Waals surface area contributed by atoms with E-state index in [2.05, 4.69) is 58.2 Å². The van der Waals surface area contributed by atoms with Gasteiger partial charge in [-0.05, 0) is 67.3 Å². The minimum Gasteiger partial charge on any atom is -0.351 e. The Morgan fingerprint density at radius 1 is 0.974 bits per heavy atom. The van der Waals surface area contributed by atoms with Gasteiger partial charge in [0, 0.05) is 44.4 Å². The first kappa shape index (κ1) is 30.3. The van der Waals surface area contributed by atoms with E-state index in [1.54, 1.807) is 6.21 Å². The monoisotopic (exact) mass is 511 g/mol. The number of nitrogens with one attached hydrogen (secondary N) is 1. The van der Waals surface area contributed by atoms with Gasteiger partial charge in [-0.15, -0.1) is 0 Å². The van der Waals surface area contributed by atoms with Crippen molar-refractivity contribution in [1.82, 2.24) is 9.88 Å². The first-order valence-corrected chi connectivity index (χ1v) is 13.7. The van der Waals surface area contributed by atoms with E-state index in [1.165, 1.54) is 0 Å². The average molecular weight is 512 g/mol. The Labute approximate surface area is 231 Å². The van der Waals surface area contributed by atoms with Crippen LogP contribution in [0.3, 0.4) is 0 Å².